The van der Waals surface area contributed by atoms with Gasteiger partial charge in [0.15, 0.2) is 0 Å². The Bertz CT molecular complexity index is 359. The van der Waals surface area contributed by atoms with Crippen LogP contribution in [0.5, 0.6) is 0 Å². The van der Waals surface area contributed by atoms with Crippen LogP contribution < -0.4 is 5.73 Å². The molecule has 0 radical (unpaired) electrons. The lowest BCUT2D eigenvalue weighted by Gasteiger charge is -2.05. The van der Waals surface area contributed by atoms with E-state index < -0.39 is 12.0 Å². The molecule has 5 nitrogen and oxygen atoms in total. The third-order valence-electron chi connectivity index (χ3n) is 2.49. The molecule has 0 spiro atoms. The van der Waals surface area contributed by atoms with Crippen LogP contribution in [-0.4, -0.2) is 27.1 Å². The van der Waals surface area contributed by atoms with Gasteiger partial charge in [0.25, 0.3) is 0 Å². The summed E-state index contributed by atoms with van der Waals surface area (Å²) in [6.07, 6.45) is 6.14. The van der Waals surface area contributed by atoms with Crippen LogP contribution in [0, 0.1) is 0 Å². The minimum absolute atomic E-state index is 0.181. The highest BCUT2D eigenvalue weighted by Crippen LogP contribution is 2.39. The van der Waals surface area contributed by atoms with Gasteiger partial charge in [-0.05, 0) is 24.3 Å². The Balaban J connectivity index is 2.00. The topological polar surface area (TPSA) is 89.1 Å². The molecule has 1 aliphatic carbocycles. The number of rotatable bonds is 4. The van der Waals surface area contributed by atoms with E-state index in [-0.39, 0.29) is 6.42 Å². The van der Waals surface area contributed by atoms with Gasteiger partial charge >= 0.3 is 5.97 Å². The largest absolute Gasteiger partial charge is 0.480 e. The number of nitrogens with two attached hydrogens (primary N) is 1. The van der Waals surface area contributed by atoms with Crippen LogP contribution in [0.2, 0.25) is 0 Å². The third kappa shape index (κ3) is 2.50. The molecule has 2 rings (SSSR count). The van der Waals surface area contributed by atoms with Crippen molar-refractivity contribution in [3.63, 3.8) is 0 Å². The quantitative estimate of drug-likeness (QED) is 0.741. The van der Waals surface area contributed by atoms with Crippen LogP contribution in [0.3, 0.4) is 0 Å². The highest BCUT2D eigenvalue weighted by molar-refractivity contribution is 5.73. The van der Waals surface area contributed by atoms with Gasteiger partial charge in [-0.2, -0.15) is 0 Å². The molecule has 1 aromatic heterocycles. The number of aromatic nitrogens is 2. The monoisotopic (exact) mass is 207 g/mol. The molecule has 1 unspecified atom stereocenters. The maximum Gasteiger partial charge on any atom is 0.320 e. The van der Waals surface area contributed by atoms with Crippen molar-refractivity contribution in [3.05, 3.63) is 23.8 Å². The predicted molar refractivity (Wildman–Crippen MR) is 53.3 cm³/mol. The van der Waals surface area contributed by atoms with E-state index in [1.165, 1.54) is 12.8 Å². The molecule has 0 amide bonds. The molecular formula is C10H13N3O2. The molecule has 1 aliphatic rings. The maximum absolute atomic E-state index is 10.5. The van der Waals surface area contributed by atoms with E-state index in [9.17, 15) is 4.79 Å². The summed E-state index contributed by atoms with van der Waals surface area (Å²) in [5.74, 6) is 0.0892. The fraction of sp³-hybridized carbons (Fsp3) is 0.500. The average molecular weight is 207 g/mol. The molecule has 1 aromatic rings. The van der Waals surface area contributed by atoms with Crippen LogP contribution in [0.1, 0.15) is 30.1 Å². The first-order valence-corrected chi connectivity index (χ1v) is 4.96. The maximum atomic E-state index is 10.5. The molecule has 0 aromatic carbocycles. The van der Waals surface area contributed by atoms with Gasteiger partial charge in [-0.25, -0.2) is 9.97 Å². The summed E-state index contributed by atoms with van der Waals surface area (Å²) in [5.41, 5.74) is 6.52. The number of aliphatic carboxylic acids is 1. The van der Waals surface area contributed by atoms with E-state index >= 15 is 0 Å². The highest BCUT2D eigenvalue weighted by Gasteiger charge is 2.24. The van der Waals surface area contributed by atoms with Crippen molar-refractivity contribution < 1.29 is 9.90 Å². The normalized spacial score (nSPS) is 17.4. The molecule has 1 atom stereocenters. The minimum atomic E-state index is -1.02. The first kappa shape index (κ1) is 10.0. The molecule has 3 N–H and O–H groups in total. The number of carboxylic acid groups (broad SMARTS) is 1. The van der Waals surface area contributed by atoms with Gasteiger partial charge in [0.05, 0.1) is 0 Å². The zero-order valence-corrected chi connectivity index (χ0v) is 8.26. The Hall–Kier alpha value is -1.49. The zero-order valence-electron chi connectivity index (χ0n) is 8.26. The van der Waals surface area contributed by atoms with Gasteiger partial charge in [0, 0.05) is 18.8 Å². The van der Waals surface area contributed by atoms with Gasteiger partial charge in [-0.3, -0.25) is 4.79 Å². The van der Waals surface area contributed by atoms with Gasteiger partial charge in [0.1, 0.15) is 11.9 Å². The number of hydrogen-bond acceptors (Lipinski definition) is 4. The molecule has 1 heterocycles. The molecule has 0 bridgehead atoms. The average Bonchev–Trinajstić information content (AvgIpc) is 3.02. The smallest absolute Gasteiger partial charge is 0.320 e. The standard InChI is InChI=1S/C10H13N3O2/c11-8(10(14)15)3-9-12-4-7(5-13-9)6-1-2-6/h4-6,8H,1-3,11H2,(H,14,15). The third-order valence-corrected chi connectivity index (χ3v) is 2.49. The van der Waals surface area contributed by atoms with Crippen LogP contribution in [0.15, 0.2) is 12.4 Å². The number of hydrogen-bond donors (Lipinski definition) is 2. The van der Waals surface area contributed by atoms with Crippen LogP contribution >= 0.6 is 0 Å². The first-order chi connectivity index (χ1) is 7.16. The van der Waals surface area contributed by atoms with Crippen LogP contribution in [-0.2, 0) is 11.2 Å². The van der Waals surface area contributed by atoms with E-state index in [2.05, 4.69) is 9.97 Å². The second-order valence-corrected chi connectivity index (χ2v) is 3.86. The highest BCUT2D eigenvalue weighted by atomic mass is 16.4. The molecule has 0 saturated heterocycles. The summed E-state index contributed by atoms with van der Waals surface area (Å²) in [5, 5.41) is 8.62. The predicted octanol–water partition coefficient (Wildman–Crippen LogP) is 0.308. The number of carboxylic acids is 1. The number of carbonyl (C=O) groups is 1. The van der Waals surface area contributed by atoms with Crippen LogP contribution in [0.25, 0.3) is 0 Å². The lowest BCUT2D eigenvalue weighted by atomic mass is 10.2. The van der Waals surface area contributed by atoms with E-state index in [1.807, 2.05) is 0 Å². The van der Waals surface area contributed by atoms with E-state index in [0.717, 1.165) is 5.56 Å². The van der Waals surface area contributed by atoms with Crippen molar-refractivity contribution in [1.29, 1.82) is 0 Å². The molecular weight excluding hydrogens is 194 g/mol. The Kier molecular flexibility index (Phi) is 2.64. The Morgan fingerprint density at radius 2 is 2.13 bits per heavy atom. The van der Waals surface area contributed by atoms with Crippen molar-refractivity contribution in [2.45, 2.75) is 31.2 Å². The molecule has 0 aliphatic heterocycles. The van der Waals surface area contributed by atoms with Crippen molar-refractivity contribution in [1.82, 2.24) is 9.97 Å². The summed E-state index contributed by atoms with van der Waals surface area (Å²) in [6, 6.07) is -0.920. The van der Waals surface area contributed by atoms with Gasteiger partial charge < -0.3 is 10.8 Å². The minimum Gasteiger partial charge on any atom is -0.480 e. The number of nitrogens with zero attached hydrogens (tertiary/aromatic N) is 2. The second-order valence-electron chi connectivity index (χ2n) is 3.86. The molecule has 15 heavy (non-hydrogen) atoms. The van der Waals surface area contributed by atoms with E-state index in [1.54, 1.807) is 12.4 Å². The summed E-state index contributed by atoms with van der Waals surface area (Å²) in [7, 11) is 0. The fourth-order valence-corrected chi connectivity index (χ4v) is 1.38. The molecule has 5 heteroatoms. The summed E-state index contributed by atoms with van der Waals surface area (Å²) >= 11 is 0. The van der Waals surface area contributed by atoms with Crippen molar-refractivity contribution in [2.75, 3.05) is 0 Å². The first-order valence-electron chi connectivity index (χ1n) is 4.96. The van der Waals surface area contributed by atoms with E-state index in [4.69, 9.17) is 10.8 Å². The van der Waals surface area contributed by atoms with Crippen LogP contribution in [0.4, 0.5) is 0 Å². The second kappa shape index (κ2) is 3.94. The van der Waals surface area contributed by atoms with Crippen molar-refractivity contribution in [3.8, 4) is 0 Å². The fourth-order valence-electron chi connectivity index (χ4n) is 1.38. The summed E-state index contributed by atoms with van der Waals surface area (Å²) < 4.78 is 0. The molecule has 1 saturated carbocycles. The Morgan fingerprint density at radius 3 is 2.60 bits per heavy atom. The van der Waals surface area contributed by atoms with E-state index in [0.29, 0.717) is 11.7 Å². The Labute approximate surface area is 87.4 Å². The van der Waals surface area contributed by atoms with Gasteiger partial charge in [-0.15, -0.1) is 0 Å². The summed E-state index contributed by atoms with van der Waals surface area (Å²) in [6.45, 7) is 0. The zero-order chi connectivity index (χ0) is 10.8. The Morgan fingerprint density at radius 1 is 1.53 bits per heavy atom. The molecule has 80 valence electrons. The van der Waals surface area contributed by atoms with Crippen molar-refractivity contribution >= 4 is 5.97 Å². The van der Waals surface area contributed by atoms with Crippen molar-refractivity contribution in [2.24, 2.45) is 5.73 Å². The molecule has 1 fully saturated rings. The summed E-state index contributed by atoms with van der Waals surface area (Å²) in [4.78, 5) is 18.7. The van der Waals surface area contributed by atoms with Gasteiger partial charge in [0.2, 0.25) is 0 Å². The SMILES string of the molecule is NC(Cc1ncc(C2CC2)cn1)C(=O)O. The van der Waals surface area contributed by atoms with Gasteiger partial charge in [-0.1, -0.05) is 0 Å². The lowest BCUT2D eigenvalue weighted by molar-refractivity contribution is -0.138. The lowest BCUT2D eigenvalue weighted by Crippen LogP contribution is -2.32.